The third-order valence-electron chi connectivity index (χ3n) is 5.47. The van der Waals surface area contributed by atoms with Crippen LogP contribution in [0.25, 0.3) is 11.4 Å². The first-order valence-electron chi connectivity index (χ1n) is 11.0. The molecule has 32 heavy (non-hydrogen) atoms. The summed E-state index contributed by atoms with van der Waals surface area (Å²) >= 11 is 0. The summed E-state index contributed by atoms with van der Waals surface area (Å²) in [5.74, 6) is 2.31. The number of carbonyl (C=O) groups excluding carboxylic acids is 1. The molecule has 1 saturated heterocycles. The number of piperazine rings is 1. The van der Waals surface area contributed by atoms with Crippen LogP contribution in [0.3, 0.4) is 0 Å². The van der Waals surface area contributed by atoms with Gasteiger partial charge in [0.15, 0.2) is 5.82 Å². The Morgan fingerprint density at radius 3 is 2.44 bits per heavy atom. The number of hydrogen-bond donors (Lipinski definition) is 1. The first kappa shape index (κ1) is 21.6. The fourth-order valence-electron chi connectivity index (χ4n) is 3.73. The Kier molecular flexibility index (Phi) is 6.54. The SMILES string of the molecule is CCOc1ccccc1NC(=O)N1CCN(c2cc(C)nc(-c3ccc(C)cc3)n2)CC1. The first-order valence-corrected chi connectivity index (χ1v) is 11.0. The monoisotopic (exact) mass is 431 g/mol. The minimum absolute atomic E-state index is 0.115. The van der Waals surface area contributed by atoms with Crippen molar-refractivity contribution >= 4 is 17.5 Å². The van der Waals surface area contributed by atoms with Crippen molar-refractivity contribution in [3.63, 3.8) is 0 Å². The molecule has 1 aliphatic rings. The van der Waals surface area contributed by atoms with Gasteiger partial charge < -0.3 is 19.9 Å². The number of ether oxygens (including phenoxy) is 1. The molecule has 3 aromatic rings. The van der Waals surface area contributed by atoms with Crippen molar-refractivity contribution in [3.8, 4) is 17.1 Å². The number of urea groups is 1. The second-order valence-electron chi connectivity index (χ2n) is 7.89. The number of rotatable bonds is 5. The molecule has 0 bridgehead atoms. The number of benzene rings is 2. The molecule has 0 radical (unpaired) electrons. The fourth-order valence-corrected chi connectivity index (χ4v) is 3.73. The molecular formula is C25H29N5O2. The van der Waals surface area contributed by atoms with Crippen LogP contribution in [0.5, 0.6) is 5.75 Å². The summed E-state index contributed by atoms with van der Waals surface area (Å²) in [5.41, 5.74) is 3.83. The van der Waals surface area contributed by atoms with Crippen LogP contribution < -0.4 is 15.0 Å². The zero-order chi connectivity index (χ0) is 22.5. The van der Waals surface area contributed by atoms with Crippen LogP contribution in [0.15, 0.2) is 54.6 Å². The normalized spacial score (nSPS) is 13.7. The standard InChI is InChI=1S/C25H29N5O2/c1-4-32-22-8-6-5-7-21(22)27-25(31)30-15-13-29(14-16-30)23-17-19(3)26-24(28-23)20-11-9-18(2)10-12-20/h5-12,17H,4,13-16H2,1-3H3,(H,27,31). The number of nitrogens with one attached hydrogen (secondary N) is 1. The Morgan fingerprint density at radius 1 is 1.00 bits per heavy atom. The van der Waals surface area contributed by atoms with Crippen LogP contribution in [0.1, 0.15) is 18.2 Å². The molecule has 0 atom stereocenters. The van der Waals surface area contributed by atoms with E-state index in [-0.39, 0.29) is 6.03 Å². The largest absolute Gasteiger partial charge is 0.492 e. The molecule has 1 aliphatic heterocycles. The lowest BCUT2D eigenvalue weighted by Gasteiger charge is -2.35. The van der Waals surface area contributed by atoms with E-state index in [1.807, 2.05) is 49.1 Å². The predicted octanol–water partition coefficient (Wildman–Crippen LogP) is 4.51. The zero-order valence-corrected chi connectivity index (χ0v) is 18.8. The number of nitrogens with zero attached hydrogens (tertiary/aromatic N) is 4. The van der Waals surface area contributed by atoms with Crippen LogP contribution in [0, 0.1) is 13.8 Å². The van der Waals surface area contributed by atoms with Crippen molar-refractivity contribution in [1.82, 2.24) is 14.9 Å². The molecule has 1 aromatic heterocycles. The Morgan fingerprint density at radius 2 is 1.72 bits per heavy atom. The van der Waals surface area contributed by atoms with Gasteiger partial charge >= 0.3 is 6.03 Å². The molecule has 1 N–H and O–H groups in total. The molecule has 7 heteroatoms. The number of hydrogen-bond acceptors (Lipinski definition) is 5. The van der Waals surface area contributed by atoms with Gasteiger partial charge in [-0.05, 0) is 32.9 Å². The van der Waals surface area contributed by atoms with E-state index >= 15 is 0 Å². The third kappa shape index (κ3) is 4.99. The Balaban J connectivity index is 1.41. The molecule has 7 nitrogen and oxygen atoms in total. The lowest BCUT2D eigenvalue weighted by atomic mass is 10.1. The molecule has 0 aliphatic carbocycles. The van der Waals surface area contributed by atoms with Crippen molar-refractivity contribution in [2.24, 2.45) is 0 Å². The van der Waals surface area contributed by atoms with Gasteiger partial charge in [0.05, 0.1) is 12.3 Å². The van der Waals surface area contributed by atoms with Crippen LogP contribution in [0.2, 0.25) is 0 Å². The maximum Gasteiger partial charge on any atom is 0.322 e. The molecule has 0 saturated carbocycles. The lowest BCUT2D eigenvalue weighted by molar-refractivity contribution is 0.208. The van der Waals surface area contributed by atoms with Crippen LogP contribution in [-0.2, 0) is 0 Å². The number of para-hydroxylation sites is 2. The topological polar surface area (TPSA) is 70.6 Å². The molecule has 0 unspecified atom stereocenters. The molecule has 2 amide bonds. The highest BCUT2D eigenvalue weighted by Crippen LogP contribution is 2.25. The van der Waals surface area contributed by atoms with Crippen LogP contribution >= 0.6 is 0 Å². The summed E-state index contributed by atoms with van der Waals surface area (Å²) in [6.07, 6.45) is 0. The minimum Gasteiger partial charge on any atom is -0.492 e. The molecule has 2 aromatic carbocycles. The highest BCUT2D eigenvalue weighted by molar-refractivity contribution is 5.91. The van der Waals surface area contributed by atoms with E-state index < -0.39 is 0 Å². The van der Waals surface area contributed by atoms with E-state index in [9.17, 15) is 4.79 Å². The lowest BCUT2D eigenvalue weighted by Crippen LogP contribution is -2.50. The predicted molar refractivity (Wildman–Crippen MR) is 127 cm³/mol. The van der Waals surface area contributed by atoms with Gasteiger partial charge in [-0.2, -0.15) is 0 Å². The molecule has 4 rings (SSSR count). The zero-order valence-electron chi connectivity index (χ0n) is 18.8. The maximum atomic E-state index is 12.8. The van der Waals surface area contributed by atoms with Crippen molar-refractivity contribution in [2.75, 3.05) is 43.0 Å². The molecule has 166 valence electrons. The molecule has 2 heterocycles. The summed E-state index contributed by atoms with van der Waals surface area (Å²) in [6.45, 7) is 9.19. The average Bonchev–Trinajstić information content (AvgIpc) is 2.80. The molecular weight excluding hydrogens is 402 g/mol. The Bertz CT molecular complexity index is 1080. The molecule has 0 spiro atoms. The summed E-state index contributed by atoms with van der Waals surface area (Å²) in [7, 11) is 0. The van der Waals surface area contributed by atoms with Crippen molar-refractivity contribution in [1.29, 1.82) is 0 Å². The van der Waals surface area contributed by atoms with Gasteiger partial charge in [0.1, 0.15) is 11.6 Å². The van der Waals surface area contributed by atoms with Gasteiger partial charge in [-0.25, -0.2) is 14.8 Å². The van der Waals surface area contributed by atoms with Crippen LogP contribution in [-0.4, -0.2) is 53.7 Å². The van der Waals surface area contributed by atoms with Gasteiger partial charge in [0, 0.05) is 43.5 Å². The maximum absolute atomic E-state index is 12.8. The quantitative estimate of drug-likeness (QED) is 0.643. The minimum atomic E-state index is -0.115. The fraction of sp³-hybridized carbons (Fsp3) is 0.320. The Labute approximate surface area is 189 Å². The van der Waals surface area contributed by atoms with Gasteiger partial charge in [-0.1, -0.05) is 42.0 Å². The van der Waals surface area contributed by atoms with Gasteiger partial charge in [0.25, 0.3) is 0 Å². The number of anilines is 2. The van der Waals surface area contributed by atoms with Crippen LogP contribution in [0.4, 0.5) is 16.3 Å². The highest BCUT2D eigenvalue weighted by Gasteiger charge is 2.23. The van der Waals surface area contributed by atoms with E-state index in [1.165, 1.54) is 5.56 Å². The number of amides is 2. The van der Waals surface area contributed by atoms with E-state index in [2.05, 4.69) is 46.4 Å². The van der Waals surface area contributed by atoms with Gasteiger partial charge in [-0.15, -0.1) is 0 Å². The second-order valence-corrected chi connectivity index (χ2v) is 7.89. The van der Waals surface area contributed by atoms with E-state index in [1.54, 1.807) is 0 Å². The van der Waals surface area contributed by atoms with Crippen molar-refractivity contribution in [3.05, 3.63) is 65.9 Å². The number of aromatic nitrogens is 2. The summed E-state index contributed by atoms with van der Waals surface area (Å²) < 4.78 is 5.61. The first-order chi connectivity index (χ1) is 15.5. The van der Waals surface area contributed by atoms with Crippen molar-refractivity contribution in [2.45, 2.75) is 20.8 Å². The second kappa shape index (κ2) is 9.68. The summed E-state index contributed by atoms with van der Waals surface area (Å²) in [4.78, 5) is 26.3. The van der Waals surface area contributed by atoms with Gasteiger partial charge in [0.2, 0.25) is 0 Å². The third-order valence-corrected chi connectivity index (χ3v) is 5.47. The number of carbonyl (C=O) groups is 1. The van der Waals surface area contributed by atoms with Gasteiger partial charge in [-0.3, -0.25) is 0 Å². The highest BCUT2D eigenvalue weighted by atomic mass is 16.5. The average molecular weight is 432 g/mol. The summed E-state index contributed by atoms with van der Waals surface area (Å²) in [5, 5.41) is 2.98. The van der Waals surface area contributed by atoms with E-state index in [0.29, 0.717) is 44.2 Å². The van der Waals surface area contributed by atoms with Crippen molar-refractivity contribution < 1.29 is 9.53 Å². The molecule has 1 fully saturated rings. The van der Waals surface area contributed by atoms with E-state index in [4.69, 9.17) is 9.72 Å². The van der Waals surface area contributed by atoms with E-state index in [0.717, 1.165) is 22.9 Å². The number of aryl methyl sites for hydroxylation is 2. The summed E-state index contributed by atoms with van der Waals surface area (Å²) in [6, 6.07) is 17.6. The smallest absolute Gasteiger partial charge is 0.322 e. The Hall–Kier alpha value is -3.61.